The first-order chi connectivity index (χ1) is 7.99. The van der Waals surface area contributed by atoms with E-state index in [1.807, 2.05) is 24.3 Å². The van der Waals surface area contributed by atoms with Crippen LogP contribution in [0.5, 0.6) is 0 Å². The fourth-order valence-electron chi connectivity index (χ4n) is 1.80. The lowest BCUT2D eigenvalue weighted by Crippen LogP contribution is -2.13. The molecule has 1 atom stereocenters. The second kappa shape index (κ2) is 6.40. The lowest BCUT2D eigenvalue weighted by molar-refractivity contribution is 0.0397. The molecule has 0 radical (unpaired) electrons. The Kier molecular flexibility index (Phi) is 5.16. The normalized spacial score (nSPS) is 12.7. The topological polar surface area (TPSA) is 59.1 Å². The monoisotopic (exact) mass is 234 g/mol. The summed E-state index contributed by atoms with van der Waals surface area (Å²) in [7, 11) is 0. The molecule has 0 aliphatic carbocycles. The Bertz CT molecular complexity index is 374. The summed E-state index contributed by atoms with van der Waals surface area (Å²) in [6, 6.07) is 7.64. The number of ether oxygens (including phenoxy) is 1. The van der Waals surface area contributed by atoms with E-state index in [1.54, 1.807) is 0 Å². The number of nitrogens with one attached hydrogen (secondary N) is 1. The van der Waals surface area contributed by atoms with E-state index < -0.39 is 0 Å². The largest absolute Gasteiger partial charge is 0.384 e. The summed E-state index contributed by atoms with van der Waals surface area (Å²) in [6.45, 7) is 7.05. The van der Waals surface area contributed by atoms with Gasteiger partial charge in [-0.25, -0.2) is 0 Å². The summed E-state index contributed by atoms with van der Waals surface area (Å²) in [5, 5.41) is 7.38. The molecule has 17 heavy (non-hydrogen) atoms. The molecule has 0 aromatic heterocycles. The van der Waals surface area contributed by atoms with Crippen LogP contribution in [0.1, 0.15) is 38.3 Å². The van der Waals surface area contributed by atoms with Crippen molar-refractivity contribution in [2.75, 3.05) is 0 Å². The first-order valence-electron chi connectivity index (χ1n) is 6.04. The highest BCUT2D eigenvalue weighted by Gasteiger charge is 2.06. The first kappa shape index (κ1) is 13.7. The highest BCUT2D eigenvalue weighted by Crippen LogP contribution is 2.11. The SMILES string of the molecule is CC(C)CC(C)OCc1cccc(C(=N)N)c1. The maximum Gasteiger partial charge on any atom is 0.122 e. The molecule has 94 valence electrons. The number of hydrogen-bond donors (Lipinski definition) is 2. The Hall–Kier alpha value is -1.35. The molecule has 3 nitrogen and oxygen atoms in total. The third kappa shape index (κ3) is 5.00. The third-order valence-electron chi connectivity index (χ3n) is 2.58. The van der Waals surface area contributed by atoms with Crippen LogP contribution >= 0.6 is 0 Å². The van der Waals surface area contributed by atoms with Gasteiger partial charge in [-0.05, 0) is 30.9 Å². The molecule has 0 saturated carbocycles. The molecule has 1 aromatic carbocycles. The fraction of sp³-hybridized carbons (Fsp3) is 0.500. The number of amidine groups is 1. The van der Waals surface area contributed by atoms with Gasteiger partial charge < -0.3 is 10.5 Å². The summed E-state index contributed by atoms with van der Waals surface area (Å²) in [5.41, 5.74) is 7.26. The minimum atomic E-state index is 0.0991. The van der Waals surface area contributed by atoms with E-state index in [-0.39, 0.29) is 11.9 Å². The Morgan fingerprint density at radius 2 is 2.06 bits per heavy atom. The van der Waals surface area contributed by atoms with Gasteiger partial charge in [-0.15, -0.1) is 0 Å². The van der Waals surface area contributed by atoms with Crippen molar-refractivity contribution in [2.24, 2.45) is 11.7 Å². The van der Waals surface area contributed by atoms with E-state index in [1.165, 1.54) is 0 Å². The van der Waals surface area contributed by atoms with Gasteiger partial charge in [0.2, 0.25) is 0 Å². The first-order valence-corrected chi connectivity index (χ1v) is 6.04. The second-order valence-electron chi connectivity index (χ2n) is 4.87. The fourth-order valence-corrected chi connectivity index (χ4v) is 1.80. The predicted octanol–water partition coefficient (Wildman–Crippen LogP) is 2.92. The summed E-state index contributed by atoms with van der Waals surface area (Å²) < 4.78 is 5.76. The van der Waals surface area contributed by atoms with Crippen LogP contribution in [0.3, 0.4) is 0 Å². The van der Waals surface area contributed by atoms with Crippen molar-refractivity contribution in [3.05, 3.63) is 35.4 Å². The Morgan fingerprint density at radius 1 is 1.35 bits per heavy atom. The third-order valence-corrected chi connectivity index (χ3v) is 2.58. The van der Waals surface area contributed by atoms with Crippen molar-refractivity contribution in [3.63, 3.8) is 0 Å². The van der Waals surface area contributed by atoms with Crippen molar-refractivity contribution >= 4 is 5.84 Å². The van der Waals surface area contributed by atoms with Gasteiger partial charge in [-0.1, -0.05) is 32.0 Å². The van der Waals surface area contributed by atoms with Crippen molar-refractivity contribution in [3.8, 4) is 0 Å². The van der Waals surface area contributed by atoms with E-state index in [2.05, 4.69) is 20.8 Å². The molecular formula is C14H22N2O. The molecule has 0 spiro atoms. The van der Waals surface area contributed by atoms with Crippen molar-refractivity contribution in [1.82, 2.24) is 0 Å². The molecule has 0 heterocycles. The van der Waals surface area contributed by atoms with Gasteiger partial charge in [0.25, 0.3) is 0 Å². The summed E-state index contributed by atoms with van der Waals surface area (Å²) in [4.78, 5) is 0. The molecule has 3 heteroatoms. The lowest BCUT2D eigenvalue weighted by Gasteiger charge is -2.15. The van der Waals surface area contributed by atoms with Crippen LogP contribution < -0.4 is 5.73 Å². The van der Waals surface area contributed by atoms with Crippen LogP contribution in [0.4, 0.5) is 0 Å². The number of nitrogen functional groups attached to an aromatic ring is 1. The highest BCUT2D eigenvalue weighted by atomic mass is 16.5. The molecule has 0 bridgehead atoms. The molecule has 0 saturated heterocycles. The maximum atomic E-state index is 7.38. The van der Waals surface area contributed by atoms with Crippen molar-refractivity contribution in [2.45, 2.75) is 39.9 Å². The van der Waals surface area contributed by atoms with E-state index in [9.17, 15) is 0 Å². The quantitative estimate of drug-likeness (QED) is 0.587. The molecular weight excluding hydrogens is 212 g/mol. The molecule has 1 rings (SSSR count). The molecule has 0 aliphatic heterocycles. The van der Waals surface area contributed by atoms with Crippen LogP contribution in [-0.2, 0) is 11.3 Å². The van der Waals surface area contributed by atoms with Gasteiger partial charge in [0.1, 0.15) is 5.84 Å². The molecule has 1 unspecified atom stereocenters. The molecule has 0 amide bonds. The number of rotatable bonds is 6. The Morgan fingerprint density at radius 3 is 2.65 bits per heavy atom. The van der Waals surface area contributed by atoms with Crippen LogP contribution in [0, 0.1) is 11.3 Å². The Labute approximate surface area is 103 Å². The smallest absolute Gasteiger partial charge is 0.122 e. The van der Waals surface area contributed by atoms with Crippen molar-refractivity contribution < 1.29 is 4.74 Å². The standard InChI is InChI=1S/C14H22N2O/c1-10(2)7-11(3)17-9-12-5-4-6-13(8-12)14(15)16/h4-6,8,10-11H,7,9H2,1-3H3,(H3,15,16). The number of benzene rings is 1. The maximum absolute atomic E-state index is 7.38. The zero-order valence-corrected chi connectivity index (χ0v) is 10.9. The van der Waals surface area contributed by atoms with Gasteiger partial charge in [0, 0.05) is 5.56 Å². The second-order valence-corrected chi connectivity index (χ2v) is 4.87. The van der Waals surface area contributed by atoms with Gasteiger partial charge in [0.15, 0.2) is 0 Å². The summed E-state index contributed by atoms with van der Waals surface area (Å²) in [6.07, 6.45) is 1.32. The minimum absolute atomic E-state index is 0.0991. The van der Waals surface area contributed by atoms with Crippen LogP contribution in [-0.4, -0.2) is 11.9 Å². The zero-order valence-electron chi connectivity index (χ0n) is 10.9. The number of hydrogen-bond acceptors (Lipinski definition) is 2. The van der Waals surface area contributed by atoms with Crippen molar-refractivity contribution in [1.29, 1.82) is 5.41 Å². The molecule has 1 aromatic rings. The van der Waals surface area contributed by atoms with Gasteiger partial charge >= 0.3 is 0 Å². The molecule has 3 N–H and O–H groups in total. The lowest BCUT2D eigenvalue weighted by atomic mass is 10.1. The van der Waals surface area contributed by atoms with E-state index in [0.717, 1.165) is 17.5 Å². The average Bonchev–Trinajstić information content (AvgIpc) is 2.26. The van der Waals surface area contributed by atoms with Crippen LogP contribution in [0.15, 0.2) is 24.3 Å². The van der Waals surface area contributed by atoms with Gasteiger partial charge in [-0.3, -0.25) is 5.41 Å². The zero-order chi connectivity index (χ0) is 12.8. The average molecular weight is 234 g/mol. The molecule has 0 aliphatic rings. The summed E-state index contributed by atoms with van der Waals surface area (Å²) >= 11 is 0. The van der Waals surface area contributed by atoms with Gasteiger partial charge in [0.05, 0.1) is 12.7 Å². The highest BCUT2D eigenvalue weighted by molar-refractivity contribution is 5.95. The van der Waals surface area contributed by atoms with Gasteiger partial charge in [-0.2, -0.15) is 0 Å². The van der Waals surface area contributed by atoms with E-state index in [4.69, 9.17) is 15.9 Å². The number of nitrogens with two attached hydrogens (primary N) is 1. The Balaban J connectivity index is 2.51. The van der Waals surface area contributed by atoms with Crippen LogP contribution in [0.2, 0.25) is 0 Å². The van der Waals surface area contributed by atoms with E-state index in [0.29, 0.717) is 12.5 Å². The summed E-state index contributed by atoms with van der Waals surface area (Å²) in [5.74, 6) is 0.746. The van der Waals surface area contributed by atoms with E-state index >= 15 is 0 Å². The van der Waals surface area contributed by atoms with Crippen LogP contribution in [0.25, 0.3) is 0 Å². The minimum Gasteiger partial charge on any atom is -0.384 e. The molecule has 0 fully saturated rings. The predicted molar refractivity (Wildman–Crippen MR) is 71.2 cm³/mol.